The van der Waals surface area contributed by atoms with E-state index in [0.29, 0.717) is 5.82 Å². The van der Waals surface area contributed by atoms with Crippen molar-refractivity contribution in [3.63, 3.8) is 0 Å². The van der Waals surface area contributed by atoms with Crippen molar-refractivity contribution >= 4 is 51.1 Å². The van der Waals surface area contributed by atoms with Crippen molar-refractivity contribution in [1.82, 2.24) is 9.55 Å². The normalized spacial score (nSPS) is 12.9. The third-order valence-electron chi connectivity index (χ3n) is 2.64. The van der Waals surface area contributed by atoms with Crippen LogP contribution in [0.1, 0.15) is 18.8 Å². The molecule has 90 valence electrons. The molecule has 0 bridgehead atoms. The molecule has 0 aliphatic carbocycles. The standard InChI is InChI=1S/C11H11ClIN3O/c1-6(11(14)17)16-9-3-2-7(13)4-8(9)15-10(16)5-12/h2-4,6H,5H2,1H3,(H2,14,17). The Morgan fingerprint density at radius 1 is 1.65 bits per heavy atom. The van der Waals surface area contributed by atoms with Crippen molar-refractivity contribution in [2.75, 3.05) is 0 Å². The molecule has 1 heterocycles. The number of aromatic nitrogens is 2. The van der Waals surface area contributed by atoms with Crippen LogP contribution in [0.4, 0.5) is 0 Å². The molecule has 0 saturated heterocycles. The molecule has 0 spiro atoms. The van der Waals surface area contributed by atoms with Crippen molar-refractivity contribution in [1.29, 1.82) is 0 Å². The highest BCUT2D eigenvalue weighted by atomic mass is 127. The zero-order chi connectivity index (χ0) is 12.6. The number of hydrogen-bond donors (Lipinski definition) is 1. The topological polar surface area (TPSA) is 60.9 Å². The predicted molar refractivity (Wildman–Crippen MR) is 75.9 cm³/mol. The Bertz CT molecular complexity index is 581. The summed E-state index contributed by atoms with van der Waals surface area (Å²) in [5.41, 5.74) is 7.06. The summed E-state index contributed by atoms with van der Waals surface area (Å²) in [6.07, 6.45) is 0. The van der Waals surface area contributed by atoms with E-state index in [-0.39, 0.29) is 5.88 Å². The second-order valence-corrected chi connectivity index (χ2v) is 5.26. The lowest BCUT2D eigenvalue weighted by molar-refractivity contribution is -0.120. The number of nitrogens with zero attached hydrogens (tertiary/aromatic N) is 2. The molecule has 0 saturated carbocycles. The van der Waals surface area contributed by atoms with Crippen LogP contribution in [0.2, 0.25) is 0 Å². The van der Waals surface area contributed by atoms with E-state index < -0.39 is 11.9 Å². The Hall–Kier alpha value is -0.820. The summed E-state index contributed by atoms with van der Waals surface area (Å²) in [6.45, 7) is 1.75. The van der Waals surface area contributed by atoms with Crippen LogP contribution >= 0.6 is 34.2 Å². The van der Waals surface area contributed by atoms with E-state index in [1.165, 1.54) is 0 Å². The maximum atomic E-state index is 11.3. The van der Waals surface area contributed by atoms with Gasteiger partial charge < -0.3 is 10.3 Å². The van der Waals surface area contributed by atoms with Gasteiger partial charge in [0.05, 0.1) is 16.9 Å². The van der Waals surface area contributed by atoms with E-state index in [0.717, 1.165) is 14.6 Å². The number of nitrogens with two attached hydrogens (primary N) is 1. The first-order chi connectivity index (χ1) is 8.04. The van der Waals surface area contributed by atoms with Gasteiger partial charge in [0, 0.05) is 3.57 Å². The molecule has 0 aliphatic heterocycles. The van der Waals surface area contributed by atoms with Gasteiger partial charge in [-0.1, -0.05) is 0 Å². The number of hydrogen-bond acceptors (Lipinski definition) is 2. The molecule has 2 N–H and O–H groups in total. The average molecular weight is 364 g/mol. The van der Waals surface area contributed by atoms with Crippen molar-refractivity contribution in [3.05, 3.63) is 27.6 Å². The smallest absolute Gasteiger partial charge is 0.240 e. The summed E-state index contributed by atoms with van der Waals surface area (Å²) in [5, 5.41) is 0. The molecule has 2 aromatic rings. The molecule has 1 unspecified atom stereocenters. The fraction of sp³-hybridized carbons (Fsp3) is 0.273. The molecule has 1 aromatic carbocycles. The number of carbonyl (C=O) groups excluding carboxylic acids is 1. The van der Waals surface area contributed by atoms with Gasteiger partial charge in [-0.15, -0.1) is 11.6 Å². The molecule has 1 aromatic heterocycles. The van der Waals surface area contributed by atoms with E-state index in [1.807, 2.05) is 18.2 Å². The third kappa shape index (κ3) is 2.26. The number of halogens is 2. The summed E-state index contributed by atoms with van der Waals surface area (Å²) in [7, 11) is 0. The van der Waals surface area contributed by atoms with Crippen molar-refractivity contribution < 1.29 is 4.79 Å². The van der Waals surface area contributed by atoms with Crippen molar-refractivity contribution in [2.45, 2.75) is 18.8 Å². The Balaban J connectivity index is 2.70. The maximum absolute atomic E-state index is 11.3. The maximum Gasteiger partial charge on any atom is 0.240 e. The molecule has 2 rings (SSSR count). The monoisotopic (exact) mass is 363 g/mol. The number of primary amides is 1. The fourth-order valence-electron chi connectivity index (χ4n) is 1.78. The molecule has 0 aliphatic rings. The molecule has 6 heteroatoms. The average Bonchev–Trinajstić information content (AvgIpc) is 2.65. The number of fused-ring (bicyclic) bond motifs is 1. The largest absolute Gasteiger partial charge is 0.368 e. The molecular weight excluding hydrogens is 352 g/mol. The highest BCUT2D eigenvalue weighted by Gasteiger charge is 2.18. The van der Waals surface area contributed by atoms with Gasteiger partial charge in [0.2, 0.25) is 5.91 Å². The number of imidazole rings is 1. The minimum Gasteiger partial charge on any atom is -0.368 e. The molecular formula is C11H11ClIN3O. The van der Waals surface area contributed by atoms with Crippen LogP contribution in [0.25, 0.3) is 11.0 Å². The minimum atomic E-state index is -0.450. The zero-order valence-corrected chi connectivity index (χ0v) is 12.1. The summed E-state index contributed by atoms with van der Waals surface area (Å²) in [5.74, 6) is 0.521. The van der Waals surface area contributed by atoms with E-state index in [4.69, 9.17) is 17.3 Å². The van der Waals surface area contributed by atoms with Crippen LogP contribution in [-0.2, 0) is 10.7 Å². The number of amides is 1. The minimum absolute atomic E-state index is 0.253. The van der Waals surface area contributed by atoms with Gasteiger partial charge in [-0.25, -0.2) is 4.98 Å². The van der Waals surface area contributed by atoms with Gasteiger partial charge in [-0.2, -0.15) is 0 Å². The Morgan fingerprint density at radius 2 is 2.35 bits per heavy atom. The number of benzene rings is 1. The lowest BCUT2D eigenvalue weighted by atomic mass is 10.2. The first-order valence-electron chi connectivity index (χ1n) is 5.06. The molecule has 17 heavy (non-hydrogen) atoms. The van der Waals surface area contributed by atoms with Crippen molar-refractivity contribution in [2.24, 2.45) is 5.73 Å². The molecule has 0 radical (unpaired) electrons. The van der Waals surface area contributed by atoms with Crippen molar-refractivity contribution in [3.8, 4) is 0 Å². The Morgan fingerprint density at radius 3 is 2.94 bits per heavy atom. The SMILES string of the molecule is CC(C(N)=O)n1c(CCl)nc2cc(I)ccc21. The molecule has 4 nitrogen and oxygen atoms in total. The third-order valence-corrected chi connectivity index (χ3v) is 3.55. The van der Waals surface area contributed by atoms with Gasteiger partial charge in [0.25, 0.3) is 0 Å². The summed E-state index contributed by atoms with van der Waals surface area (Å²) in [4.78, 5) is 15.7. The summed E-state index contributed by atoms with van der Waals surface area (Å²) < 4.78 is 2.88. The molecule has 0 fully saturated rings. The van der Waals surface area contributed by atoms with Crippen LogP contribution in [-0.4, -0.2) is 15.5 Å². The van der Waals surface area contributed by atoms with Gasteiger partial charge >= 0.3 is 0 Å². The highest BCUT2D eigenvalue weighted by molar-refractivity contribution is 14.1. The second kappa shape index (κ2) is 4.81. The summed E-state index contributed by atoms with van der Waals surface area (Å²) in [6, 6.07) is 5.40. The second-order valence-electron chi connectivity index (χ2n) is 3.74. The van der Waals surface area contributed by atoms with Gasteiger partial charge in [-0.3, -0.25) is 4.79 Å². The quantitative estimate of drug-likeness (QED) is 0.672. The first kappa shape index (κ1) is 12.6. The Kier molecular flexibility index (Phi) is 3.58. The van der Waals surface area contributed by atoms with Crippen LogP contribution in [0, 0.1) is 3.57 Å². The zero-order valence-electron chi connectivity index (χ0n) is 9.15. The van der Waals surface area contributed by atoms with Crippen LogP contribution in [0.15, 0.2) is 18.2 Å². The highest BCUT2D eigenvalue weighted by Crippen LogP contribution is 2.23. The first-order valence-corrected chi connectivity index (χ1v) is 6.67. The van der Waals surface area contributed by atoms with E-state index in [1.54, 1.807) is 11.5 Å². The lowest BCUT2D eigenvalue weighted by Gasteiger charge is -2.13. The number of alkyl halides is 1. The van der Waals surface area contributed by atoms with E-state index in [9.17, 15) is 4.79 Å². The lowest BCUT2D eigenvalue weighted by Crippen LogP contribution is -2.25. The molecule has 1 amide bonds. The van der Waals surface area contributed by atoms with E-state index >= 15 is 0 Å². The number of carbonyl (C=O) groups is 1. The molecule has 1 atom stereocenters. The number of rotatable bonds is 3. The van der Waals surface area contributed by atoms with Gasteiger partial charge in [0.15, 0.2) is 0 Å². The van der Waals surface area contributed by atoms with Gasteiger partial charge in [0.1, 0.15) is 11.9 Å². The van der Waals surface area contributed by atoms with E-state index in [2.05, 4.69) is 27.6 Å². The van der Waals surface area contributed by atoms with Gasteiger partial charge in [-0.05, 0) is 47.7 Å². The van der Waals surface area contributed by atoms with Crippen LogP contribution in [0.5, 0.6) is 0 Å². The van der Waals surface area contributed by atoms with Crippen LogP contribution in [0.3, 0.4) is 0 Å². The fourth-order valence-corrected chi connectivity index (χ4v) is 2.44. The summed E-state index contributed by atoms with van der Waals surface area (Å²) >= 11 is 8.07. The van der Waals surface area contributed by atoms with Crippen LogP contribution < -0.4 is 5.73 Å². The Labute approximate surface area is 117 Å². The predicted octanol–water partition coefficient (Wildman–Crippen LogP) is 2.43.